The zero-order chi connectivity index (χ0) is 14.3. The van der Waals surface area contributed by atoms with Crippen molar-refractivity contribution in [3.63, 3.8) is 0 Å². The van der Waals surface area contributed by atoms with Crippen LogP contribution in [0.4, 0.5) is 5.69 Å². The normalized spacial score (nSPS) is 20.6. The fraction of sp³-hybridized carbons (Fsp3) is 0.615. The molecule has 19 heavy (non-hydrogen) atoms. The maximum Gasteiger partial charge on any atom is 0.500 e. The van der Waals surface area contributed by atoms with Crippen molar-refractivity contribution in [2.24, 2.45) is 0 Å². The minimum Gasteiger partial charge on any atom is -0.478 e. The first-order valence-electron chi connectivity index (χ1n) is 6.50. The van der Waals surface area contributed by atoms with Gasteiger partial charge < -0.3 is 19.8 Å². The van der Waals surface area contributed by atoms with E-state index in [-0.39, 0.29) is 0 Å². The lowest BCUT2D eigenvalue weighted by Crippen LogP contribution is -2.41. The number of pyridine rings is 1. The lowest BCUT2D eigenvalue weighted by Gasteiger charge is -2.32. The van der Waals surface area contributed by atoms with Gasteiger partial charge in [0.1, 0.15) is 0 Å². The molecular weight excluding hydrogens is 243 g/mol. The Kier molecular flexibility index (Phi) is 3.49. The van der Waals surface area contributed by atoms with Gasteiger partial charge in [-0.05, 0) is 40.7 Å². The fourth-order valence-corrected chi connectivity index (χ4v) is 1.88. The van der Waals surface area contributed by atoms with Gasteiger partial charge in [0.25, 0.3) is 0 Å². The summed E-state index contributed by atoms with van der Waals surface area (Å²) in [5.74, 6) is 0.509. The first-order chi connectivity index (χ1) is 8.77. The monoisotopic (exact) mass is 264 g/mol. The van der Waals surface area contributed by atoms with Gasteiger partial charge >= 0.3 is 7.12 Å². The van der Waals surface area contributed by atoms with Crippen molar-refractivity contribution in [1.29, 1.82) is 0 Å². The lowest BCUT2D eigenvalue weighted by atomic mass is 9.79. The van der Waals surface area contributed by atoms with E-state index in [4.69, 9.17) is 19.8 Å². The van der Waals surface area contributed by atoms with Crippen molar-refractivity contribution in [3.05, 3.63) is 12.3 Å². The van der Waals surface area contributed by atoms with E-state index in [1.807, 2.05) is 34.6 Å². The van der Waals surface area contributed by atoms with Gasteiger partial charge in [0.05, 0.1) is 24.0 Å². The van der Waals surface area contributed by atoms with Crippen LogP contribution in [-0.4, -0.2) is 29.9 Å². The van der Waals surface area contributed by atoms with E-state index in [0.717, 1.165) is 5.46 Å². The van der Waals surface area contributed by atoms with Crippen LogP contribution < -0.4 is 15.9 Å². The van der Waals surface area contributed by atoms with Crippen molar-refractivity contribution < 1.29 is 14.0 Å². The Morgan fingerprint density at radius 1 is 1.26 bits per heavy atom. The molecule has 0 aliphatic carbocycles. The molecule has 104 valence electrons. The van der Waals surface area contributed by atoms with Crippen LogP contribution in [0, 0.1) is 0 Å². The second-order valence-corrected chi connectivity index (χ2v) is 5.68. The largest absolute Gasteiger partial charge is 0.500 e. The third-order valence-electron chi connectivity index (χ3n) is 3.69. The Morgan fingerprint density at radius 3 is 2.37 bits per heavy atom. The molecule has 6 heteroatoms. The number of hydrogen-bond acceptors (Lipinski definition) is 5. The van der Waals surface area contributed by atoms with Crippen molar-refractivity contribution >= 4 is 18.3 Å². The molecule has 0 unspecified atom stereocenters. The Hall–Kier alpha value is -1.27. The van der Waals surface area contributed by atoms with Gasteiger partial charge in [-0.15, -0.1) is 0 Å². The molecule has 0 saturated carbocycles. The minimum atomic E-state index is -0.512. The van der Waals surface area contributed by atoms with Crippen LogP contribution in [0.15, 0.2) is 12.3 Å². The highest BCUT2D eigenvalue weighted by Crippen LogP contribution is 2.37. The van der Waals surface area contributed by atoms with Crippen molar-refractivity contribution in [2.75, 3.05) is 12.3 Å². The van der Waals surface area contributed by atoms with Crippen molar-refractivity contribution in [2.45, 2.75) is 45.8 Å². The van der Waals surface area contributed by atoms with Gasteiger partial charge in [-0.3, -0.25) is 0 Å². The Labute approximate surface area is 114 Å². The molecule has 0 radical (unpaired) electrons. The highest BCUT2D eigenvalue weighted by molar-refractivity contribution is 6.63. The van der Waals surface area contributed by atoms with Crippen LogP contribution in [0.25, 0.3) is 0 Å². The number of ether oxygens (including phenoxy) is 1. The van der Waals surface area contributed by atoms with Gasteiger partial charge in [-0.2, -0.15) is 0 Å². The van der Waals surface area contributed by atoms with Crippen LogP contribution in [0.1, 0.15) is 34.6 Å². The third-order valence-corrected chi connectivity index (χ3v) is 3.69. The zero-order valence-electron chi connectivity index (χ0n) is 12.2. The lowest BCUT2D eigenvalue weighted by molar-refractivity contribution is 0.00578. The average Bonchev–Trinajstić information content (AvgIpc) is 2.51. The van der Waals surface area contributed by atoms with E-state index in [2.05, 4.69) is 4.98 Å². The molecule has 2 heterocycles. The molecule has 1 aromatic rings. The zero-order valence-corrected chi connectivity index (χ0v) is 12.2. The average molecular weight is 264 g/mol. The van der Waals surface area contributed by atoms with Crippen molar-refractivity contribution in [3.8, 4) is 5.88 Å². The molecule has 2 N–H and O–H groups in total. The number of nitrogens with two attached hydrogens (primary N) is 1. The summed E-state index contributed by atoms with van der Waals surface area (Å²) < 4.78 is 17.5. The SMILES string of the molecule is CCOc1ncc(N)cc1B1OC(C)(C)C(C)(C)O1. The minimum absolute atomic E-state index is 0.397. The first kappa shape index (κ1) is 14.2. The van der Waals surface area contributed by atoms with Crippen LogP contribution in [0.2, 0.25) is 0 Å². The molecule has 1 fully saturated rings. The van der Waals surface area contributed by atoms with E-state index in [0.29, 0.717) is 18.2 Å². The van der Waals surface area contributed by atoms with Crippen LogP contribution in [-0.2, 0) is 9.31 Å². The van der Waals surface area contributed by atoms with Gasteiger partial charge in [0.2, 0.25) is 5.88 Å². The molecule has 5 nitrogen and oxygen atoms in total. The molecule has 0 atom stereocenters. The number of aromatic nitrogens is 1. The third kappa shape index (κ3) is 2.55. The summed E-state index contributed by atoms with van der Waals surface area (Å²) in [6.07, 6.45) is 1.57. The van der Waals surface area contributed by atoms with Crippen molar-refractivity contribution in [1.82, 2.24) is 4.98 Å². The Bertz CT molecular complexity index is 461. The maximum atomic E-state index is 5.99. The number of nitrogen functional groups attached to an aromatic ring is 1. The number of rotatable bonds is 3. The number of nitrogens with zero attached hydrogens (tertiary/aromatic N) is 1. The molecule has 0 amide bonds. The molecule has 1 aliphatic rings. The maximum absolute atomic E-state index is 5.99. The summed E-state index contributed by atoms with van der Waals surface area (Å²) >= 11 is 0. The summed E-state index contributed by atoms with van der Waals surface area (Å²) in [6.45, 7) is 10.5. The summed E-state index contributed by atoms with van der Waals surface area (Å²) in [4.78, 5) is 4.20. The first-order valence-corrected chi connectivity index (χ1v) is 6.50. The fourth-order valence-electron chi connectivity index (χ4n) is 1.88. The van der Waals surface area contributed by atoms with Gasteiger partial charge in [-0.1, -0.05) is 0 Å². The van der Waals surface area contributed by atoms with E-state index < -0.39 is 18.3 Å². The molecule has 2 rings (SSSR count). The Balaban J connectivity index is 2.35. The van der Waals surface area contributed by atoms with Gasteiger partial charge in [-0.25, -0.2) is 4.98 Å². The number of anilines is 1. The van der Waals surface area contributed by atoms with Crippen LogP contribution >= 0.6 is 0 Å². The van der Waals surface area contributed by atoms with Crippen LogP contribution in [0.5, 0.6) is 5.88 Å². The molecule has 0 bridgehead atoms. The number of hydrogen-bond donors (Lipinski definition) is 1. The quantitative estimate of drug-likeness (QED) is 0.835. The van der Waals surface area contributed by atoms with E-state index >= 15 is 0 Å². The second kappa shape index (κ2) is 4.69. The second-order valence-electron chi connectivity index (χ2n) is 5.68. The van der Waals surface area contributed by atoms with Gasteiger partial charge in [0.15, 0.2) is 0 Å². The molecule has 1 saturated heterocycles. The Morgan fingerprint density at radius 2 is 1.84 bits per heavy atom. The molecule has 1 aromatic heterocycles. The predicted octanol–water partition coefficient (Wildman–Crippen LogP) is 1.36. The summed E-state index contributed by atoms with van der Waals surface area (Å²) in [5, 5.41) is 0. The standard InChI is InChI=1S/C13H21BN2O3/c1-6-17-11-10(7-9(15)8-16-11)14-18-12(2,3)13(4,5)19-14/h7-8H,6,15H2,1-5H3. The molecule has 0 spiro atoms. The highest BCUT2D eigenvalue weighted by Gasteiger charge is 2.52. The van der Waals surface area contributed by atoms with E-state index in [9.17, 15) is 0 Å². The summed E-state index contributed by atoms with van der Waals surface area (Å²) in [7, 11) is -0.512. The van der Waals surface area contributed by atoms with Gasteiger partial charge in [0, 0.05) is 11.2 Å². The summed E-state index contributed by atoms with van der Waals surface area (Å²) in [5.41, 5.74) is 6.30. The topological polar surface area (TPSA) is 66.6 Å². The molecular formula is C13H21BN2O3. The van der Waals surface area contributed by atoms with E-state index in [1.54, 1.807) is 12.3 Å². The van der Waals surface area contributed by atoms with Crippen LogP contribution in [0.3, 0.4) is 0 Å². The smallest absolute Gasteiger partial charge is 0.478 e. The molecule has 0 aromatic carbocycles. The predicted molar refractivity (Wildman–Crippen MR) is 75.5 cm³/mol. The van der Waals surface area contributed by atoms with E-state index in [1.165, 1.54) is 0 Å². The molecule has 1 aliphatic heterocycles. The summed E-state index contributed by atoms with van der Waals surface area (Å²) in [6, 6.07) is 1.79. The highest BCUT2D eigenvalue weighted by atomic mass is 16.7.